The Balaban J connectivity index is 0. The van der Waals surface area contributed by atoms with E-state index in [9.17, 15) is 4.79 Å². The molecule has 0 aliphatic carbocycles. The van der Waals surface area contributed by atoms with Gasteiger partial charge in [0.25, 0.3) is 0 Å². The van der Waals surface area contributed by atoms with E-state index < -0.39 is 0 Å². The normalized spacial score (nSPS) is 10.2. The van der Waals surface area contributed by atoms with Crippen LogP contribution in [0.4, 0.5) is 0 Å². The summed E-state index contributed by atoms with van der Waals surface area (Å²) >= 11 is 0. The van der Waals surface area contributed by atoms with Gasteiger partial charge in [-0.15, -0.1) is 0 Å². The van der Waals surface area contributed by atoms with Crippen molar-refractivity contribution in [3.63, 3.8) is 0 Å². The van der Waals surface area contributed by atoms with Crippen LogP contribution < -0.4 is 10.7 Å². The third-order valence-electron chi connectivity index (χ3n) is 1.07. The minimum absolute atomic E-state index is 0.00463. The second-order valence-corrected chi connectivity index (χ2v) is 2.62. The maximum atomic E-state index is 9.70. The molecule has 0 spiro atoms. The van der Waals surface area contributed by atoms with Gasteiger partial charge in [0.05, 0.1) is 0 Å². The van der Waals surface area contributed by atoms with Crippen LogP contribution in [0, 0.1) is 0 Å². The molecule has 0 aromatic heterocycles. The Hall–Kier alpha value is -1.10. The Bertz CT molecular complexity index is 166. The standard InChI is InChI=1S/C5H13N3.C3H7NO/c1-5(6-2)7-8(3)4;1-3(5)4-2/h1-4H3,(H,6,7);1-2H3,(H,4,5). The Kier molecular flexibility index (Phi) is 9.98. The highest BCUT2D eigenvalue weighted by Crippen LogP contribution is 1.68. The van der Waals surface area contributed by atoms with Crippen molar-refractivity contribution < 1.29 is 4.79 Å². The van der Waals surface area contributed by atoms with Crippen LogP contribution in [0.5, 0.6) is 0 Å². The summed E-state index contributed by atoms with van der Waals surface area (Å²) in [5.41, 5.74) is 2.98. The first kappa shape index (κ1) is 14.4. The van der Waals surface area contributed by atoms with Crippen LogP contribution in [0.15, 0.2) is 4.99 Å². The molecule has 5 heteroatoms. The number of nitrogens with one attached hydrogen (secondary N) is 2. The fraction of sp³-hybridized carbons (Fsp3) is 0.750. The van der Waals surface area contributed by atoms with Gasteiger partial charge in [-0.05, 0) is 6.92 Å². The van der Waals surface area contributed by atoms with Gasteiger partial charge in [0.1, 0.15) is 5.84 Å². The molecule has 0 saturated carbocycles. The third kappa shape index (κ3) is 18.1. The molecular weight excluding hydrogens is 168 g/mol. The average molecular weight is 188 g/mol. The van der Waals surface area contributed by atoms with Crippen molar-refractivity contribution in [3.05, 3.63) is 0 Å². The van der Waals surface area contributed by atoms with Gasteiger partial charge in [0.2, 0.25) is 5.91 Å². The van der Waals surface area contributed by atoms with Gasteiger partial charge in [-0.1, -0.05) is 0 Å². The van der Waals surface area contributed by atoms with E-state index in [0.717, 1.165) is 5.84 Å². The minimum Gasteiger partial charge on any atom is -0.359 e. The molecule has 0 rings (SSSR count). The predicted molar refractivity (Wildman–Crippen MR) is 55.6 cm³/mol. The van der Waals surface area contributed by atoms with Gasteiger partial charge in [-0.3, -0.25) is 9.79 Å². The smallest absolute Gasteiger partial charge is 0.216 e. The number of amides is 1. The molecule has 0 radical (unpaired) electrons. The summed E-state index contributed by atoms with van der Waals surface area (Å²) in [6.07, 6.45) is 0. The first-order valence-corrected chi connectivity index (χ1v) is 3.99. The van der Waals surface area contributed by atoms with Crippen LogP contribution >= 0.6 is 0 Å². The fourth-order valence-electron chi connectivity index (χ4n) is 0.374. The number of aliphatic imine (C=N–C) groups is 1. The number of carbonyl (C=O) groups excluding carboxylic acids is 1. The van der Waals surface area contributed by atoms with Crippen molar-refractivity contribution in [1.82, 2.24) is 15.8 Å². The Morgan fingerprint density at radius 2 is 1.69 bits per heavy atom. The highest BCUT2D eigenvalue weighted by atomic mass is 16.1. The highest BCUT2D eigenvalue weighted by Gasteiger charge is 1.85. The first-order valence-electron chi connectivity index (χ1n) is 3.99. The second kappa shape index (κ2) is 8.99. The molecule has 0 unspecified atom stereocenters. The number of hydrogen-bond acceptors (Lipinski definition) is 3. The van der Waals surface area contributed by atoms with Crippen LogP contribution in [0.25, 0.3) is 0 Å². The molecular formula is C8H20N4O. The molecule has 0 bridgehead atoms. The summed E-state index contributed by atoms with van der Waals surface area (Å²) in [5, 5.41) is 4.24. The van der Waals surface area contributed by atoms with Crippen LogP contribution in [-0.4, -0.2) is 44.9 Å². The lowest BCUT2D eigenvalue weighted by molar-refractivity contribution is -0.118. The molecule has 0 aliphatic rings. The van der Waals surface area contributed by atoms with Gasteiger partial charge in [0.15, 0.2) is 0 Å². The van der Waals surface area contributed by atoms with Crippen molar-refractivity contribution in [2.75, 3.05) is 28.2 Å². The largest absolute Gasteiger partial charge is 0.359 e. The topological polar surface area (TPSA) is 56.7 Å². The number of rotatable bonds is 1. The Morgan fingerprint density at radius 1 is 1.31 bits per heavy atom. The van der Waals surface area contributed by atoms with Gasteiger partial charge in [0, 0.05) is 35.1 Å². The Labute approximate surface area is 80.2 Å². The van der Waals surface area contributed by atoms with E-state index in [0.29, 0.717) is 0 Å². The first-order chi connectivity index (χ1) is 5.93. The molecule has 5 nitrogen and oxygen atoms in total. The van der Waals surface area contributed by atoms with Crippen LogP contribution in [-0.2, 0) is 4.79 Å². The lowest BCUT2D eigenvalue weighted by atomic mass is 10.7. The van der Waals surface area contributed by atoms with E-state index >= 15 is 0 Å². The summed E-state index contributed by atoms with van der Waals surface area (Å²) in [6, 6.07) is 0. The van der Waals surface area contributed by atoms with E-state index in [-0.39, 0.29) is 5.91 Å². The average Bonchev–Trinajstić information content (AvgIpc) is 2.04. The minimum atomic E-state index is 0.00463. The summed E-state index contributed by atoms with van der Waals surface area (Å²) in [6.45, 7) is 3.39. The number of carbonyl (C=O) groups is 1. The number of hydrazine groups is 1. The number of amidine groups is 1. The zero-order valence-electron chi connectivity index (χ0n) is 9.30. The van der Waals surface area contributed by atoms with Crippen molar-refractivity contribution in [2.45, 2.75) is 13.8 Å². The van der Waals surface area contributed by atoms with Gasteiger partial charge in [-0.2, -0.15) is 0 Å². The maximum Gasteiger partial charge on any atom is 0.216 e. The molecule has 0 saturated heterocycles. The molecule has 0 aromatic carbocycles. The quantitative estimate of drug-likeness (QED) is 0.342. The van der Waals surface area contributed by atoms with Crippen molar-refractivity contribution in [2.24, 2.45) is 4.99 Å². The maximum absolute atomic E-state index is 9.70. The van der Waals surface area contributed by atoms with E-state index in [2.05, 4.69) is 15.7 Å². The summed E-state index contributed by atoms with van der Waals surface area (Å²) in [5.74, 6) is 0.931. The lowest BCUT2D eigenvalue weighted by Gasteiger charge is -2.11. The SMILES string of the molecule is CN=C(C)NN(C)C.CNC(C)=O. The van der Waals surface area contributed by atoms with E-state index in [1.165, 1.54) is 6.92 Å². The van der Waals surface area contributed by atoms with Gasteiger partial charge < -0.3 is 10.7 Å². The molecule has 1 amide bonds. The lowest BCUT2D eigenvalue weighted by Crippen LogP contribution is -2.34. The molecule has 0 atom stereocenters. The van der Waals surface area contributed by atoms with Crippen LogP contribution in [0.3, 0.4) is 0 Å². The van der Waals surface area contributed by atoms with Crippen LogP contribution in [0.2, 0.25) is 0 Å². The zero-order valence-corrected chi connectivity index (χ0v) is 9.30. The second-order valence-electron chi connectivity index (χ2n) is 2.62. The Morgan fingerprint density at radius 3 is 1.77 bits per heavy atom. The monoisotopic (exact) mass is 188 g/mol. The number of hydrogen-bond donors (Lipinski definition) is 2. The number of nitrogens with zero attached hydrogens (tertiary/aromatic N) is 2. The van der Waals surface area contributed by atoms with Crippen molar-refractivity contribution >= 4 is 11.7 Å². The third-order valence-corrected chi connectivity index (χ3v) is 1.07. The molecule has 0 fully saturated rings. The summed E-state index contributed by atoms with van der Waals surface area (Å²) in [4.78, 5) is 13.6. The fourth-order valence-corrected chi connectivity index (χ4v) is 0.374. The van der Waals surface area contributed by atoms with Crippen molar-refractivity contribution in [3.8, 4) is 0 Å². The molecule has 0 aromatic rings. The van der Waals surface area contributed by atoms with E-state index in [1.807, 2.05) is 26.0 Å². The summed E-state index contributed by atoms with van der Waals surface area (Å²) in [7, 11) is 7.21. The van der Waals surface area contributed by atoms with Gasteiger partial charge >= 0.3 is 0 Å². The zero-order chi connectivity index (χ0) is 10.9. The highest BCUT2D eigenvalue weighted by molar-refractivity contribution is 5.78. The molecule has 0 aliphatic heterocycles. The van der Waals surface area contributed by atoms with E-state index in [4.69, 9.17) is 0 Å². The van der Waals surface area contributed by atoms with E-state index in [1.54, 1.807) is 14.1 Å². The van der Waals surface area contributed by atoms with Gasteiger partial charge in [-0.25, -0.2) is 5.01 Å². The molecule has 2 N–H and O–H groups in total. The van der Waals surface area contributed by atoms with Crippen molar-refractivity contribution in [1.29, 1.82) is 0 Å². The van der Waals surface area contributed by atoms with Crippen LogP contribution in [0.1, 0.15) is 13.8 Å². The predicted octanol–water partition coefficient (Wildman–Crippen LogP) is -0.147. The molecule has 0 heterocycles. The molecule has 78 valence electrons. The summed E-state index contributed by atoms with van der Waals surface area (Å²) < 4.78 is 0. The molecule has 13 heavy (non-hydrogen) atoms.